The average molecular weight is 303 g/mol. The number of hydrogen-bond donors (Lipinski definition) is 2. The van der Waals surface area contributed by atoms with E-state index in [0.29, 0.717) is 13.0 Å². The first kappa shape index (κ1) is 15.7. The van der Waals surface area contributed by atoms with Crippen molar-refractivity contribution in [1.29, 1.82) is 0 Å². The molecule has 0 aliphatic rings. The smallest absolute Gasteiger partial charge is 0.251 e. The Hall–Kier alpha value is -1.65. The fourth-order valence-electron chi connectivity index (χ4n) is 2.57. The second-order valence-corrected chi connectivity index (χ2v) is 6.33. The van der Waals surface area contributed by atoms with Crippen molar-refractivity contribution in [3.63, 3.8) is 0 Å². The molecule has 2 aromatic rings. The molecule has 0 aliphatic heterocycles. The molecule has 0 saturated carbocycles. The number of rotatable bonds is 5. The van der Waals surface area contributed by atoms with Crippen molar-refractivity contribution in [2.45, 2.75) is 33.3 Å². The predicted molar refractivity (Wildman–Crippen MR) is 86.9 cm³/mol. The monoisotopic (exact) mass is 303 g/mol. The maximum Gasteiger partial charge on any atom is 0.251 e. The third-order valence-electron chi connectivity index (χ3n) is 3.48. The van der Waals surface area contributed by atoms with Crippen LogP contribution in [0.1, 0.15) is 44.5 Å². The van der Waals surface area contributed by atoms with Gasteiger partial charge in [0.25, 0.3) is 5.91 Å². The highest BCUT2D eigenvalue weighted by Crippen LogP contribution is 2.21. The zero-order valence-electron chi connectivity index (χ0n) is 12.6. The van der Waals surface area contributed by atoms with Crippen molar-refractivity contribution in [2.24, 2.45) is 0 Å². The highest BCUT2D eigenvalue weighted by molar-refractivity contribution is 7.10. The summed E-state index contributed by atoms with van der Waals surface area (Å²) in [6, 6.07) is 7.86. The van der Waals surface area contributed by atoms with Crippen molar-refractivity contribution in [3.8, 4) is 0 Å². The van der Waals surface area contributed by atoms with E-state index in [1.54, 1.807) is 0 Å². The number of aryl methyl sites for hydroxylation is 3. The summed E-state index contributed by atoms with van der Waals surface area (Å²) >= 11 is 1.53. The van der Waals surface area contributed by atoms with Crippen molar-refractivity contribution in [2.75, 3.05) is 6.54 Å². The van der Waals surface area contributed by atoms with Crippen molar-refractivity contribution in [1.82, 2.24) is 5.32 Å². The van der Waals surface area contributed by atoms with Gasteiger partial charge in [-0.25, -0.2) is 0 Å². The van der Waals surface area contributed by atoms with Crippen LogP contribution in [0.5, 0.6) is 0 Å². The fraction of sp³-hybridized carbons (Fsp3) is 0.353. The standard InChI is InChI=1S/C17H21NO2S/c1-11-9-12(2)16(13(3)10-11)17(20)18-7-6-14(19)15-5-4-8-21-15/h4-5,8-10,14,19H,6-7H2,1-3H3,(H,18,20). The molecule has 2 rings (SSSR count). The van der Waals surface area contributed by atoms with Crippen LogP contribution in [0, 0.1) is 20.8 Å². The van der Waals surface area contributed by atoms with Crippen LogP contribution in [-0.4, -0.2) is 17.6 Å². The van der Waals surface area contributed by atoms with Crippen molar-refractivity contribution in [3.05, 3.63) is 56.8 Å². The Labute approximate surface area is 129 Å². The Kier molecular flexibility index (Phi) is 5.15. The largest absolute Gasteiger partial charge is 0.388 e. The van der Waals surface area contributed by atoms with Crippen LogP contribution in [0.25, 0.3) is 0 Å². The number of hydrogen-bond acceptors (Lipinski definition) is 3. The normalized spacial score (nSPS) is 12.2. The Bertz CT molecular complexity index is 597. The van der Waals surface area contributed by atoms with Gasteiger partial charge in [0, 0.05) is 17.0 Å². The van der Waals surface area contributed by atoms with Gasteiger partial charge in [-0.3, -0.25) is 4.79 Å². The SMILES string of the molecule is Cc1cc(C)c(C(=O)NCCC(O)c2cccs2)c(C)c1. The van der Waals surface area contributed by atoms with E-state index in [-0.39, 0.29) is 5.91 Å². The molecule has 0 fully saturated rings. The van der Waals surface area contributed by atoms with Crippen molar-refractivity contribution >= 4 is 17.2 Å². The molecule has 0 saturated heterocycles. The van der Waals surface area contributed by atoms with E-state index < -0.39 is 6.10 Å². The Morgan fingerprint density at radius 3 is 2.52 bits per heavy atom. The summed E-state index contributed by atoms with van der Waals surface area (Å²) in [6.07, 6.45) is 0.0152. The molecular weight excluding hydrogens is 282 g/mol. The molecule has 0 bridgehead atoms. The minimum absolute atomic E-state index is 0.0663. The second-order valence-electron chi connectivity index (χ2n) is 5.35. The summed E-state index contributed by atoms with van der Waals surface area (Å²) in [5.41, 5.74) is 3.88. The molecule has 1 aromatic carbocycles. The van der Waals surface area contributed by atoms with Gasteiger partial charge in [0.05, 0.1) is 6.10 Å². The highest BCUT2D eigenvalue weighted by Gasteiger charge is 2.14. The topological polar surface area (TPSA) is 49.3 Å². The van der Waals surface area contributed by atoms with Gasteiger partial charge < -0.3 is 10.4 Å². The van der Waals surface area contributed by atoms with Crippen LogP contribution in [0.4, 0.5) is 0 Å². The number of benzene rings is 1. The summed E-state index contributed by atoms with van der Waals surface area (Å²) in [4.78, 5) is 13.2. The maximum atomic E-state index is 12.3. The first-order valence-electron chi connectivity index (χ1n) is 7.06. The molecule has 0 radical (unpaired) electrons. The van der Waals surface area contributed by atoms with Gasteiger partial charge in [-0.15, -0.1) is 11.3 Å². The minimum atomic E-state index is -0.509. The second kappa shape index (κ2) is 6.87. The van der Waals surface area contributed by atoms with Crippen LogP contribution in [0.2, 0.25) is 0 Å². The summed E-state index contributed by atoms with van der Waals surface area (Å²) in [6.45, 7) is 6.40. The zero-order chi connectivity index (χ0) is 15.4. The van der Waals surface area contributed by atoms with Crippen LogP contribution >= 0.6 is 11.3 Å². The average Bonchev–Trinajstić information content (AvgIpc) is 2.91. The van der Waals surface area contributed by atoms with Crippen LogP contribution in [0.3, 0.4) is 0 Å². The lowest BCUT2D eigenvalue weighted by atomic mass is 9.99. The van der Waals surface area contributed by atoms with Crippen LogP contribution < -0.4 is 5.32 Å². The quantitative estimate of drug-likeness (QED) is 0.888. The molecule has 3 nitrogen and oxygen atoms in total. The number of thiophene rings is 1. The Morgan fingerprint density at radius 1 is 1.29 bits per heavy atom. The van der Waals surface area contributed by atoms with Gasteiger partial charge in [-0.05, 0) is 49.8 Å². The molecular formula is C17H21NO2S. The van der Waals surface area contributed by atoms with Crippen LogP contribution in [0.15, 0.2) is 29.6 Å². The number of aliphatic hydroxyl groups excluding tert-OH is 1. The summed E-state index contributed by atoms with van der Waals surface area (Å²) in [5, 5.41) is 14.8. The third-order valence-corrected chi connectivity index (χ3v) is 4.45. The lowest BCUT2D eigenvalue weighted by Crippen LogP contribution is -2.27. The number of carbonyl (C=O) groups excluding carboxylic acids is 1. The first-order chi connectivity index (χ1) is 9.99. The summed E-state index contributed by atoms with van der Waals surface area (Å²) in [7, 11) is 0. The molecule has 1 aromatic heterocycles. The van der Waals surface area contributed by atoms with Gasteiger partial charge >= 0.3 is 0 Å². The first-order valence-corrected chi connectivity index (χ1v) is 7.94. The van der Waals surface area contributed by atoms with E-state index in [1.807, 2.05) is 50.4 Å². The van der Waals surface area contributed by atoms with Crippen molar-refractivity contribution < 1.29 is 9.90 Å². The van der Waals surface area contributed by atoms with Gasteiger partial charge in [-0.1, -0.05) is 23.8 Å². The van der Waals surface area contributed by atoms with Gasteiger partial charge in [0.2, 0.25) is 0 Å². The molecule has 1 unspecified atom stereocenters. The Morgan fingerprint density at radius 2 is 1.95 bits per heavy atom. The molecule has 112 valence electrons. The van der Waals surface area contributed by atoms with Crippen LogP contribution in [-0.2, 0) is 0 Å². The molecule has 0 spiro atoms. The molecule has 1 heterocycles. The molecule has 2 N–H and O–H groups in total. The number of nitrogens with one attached hydrogen (secondary N) is 1. The van der Waals surface area contributed by atoms with Gasteiger partial charge in [-0.2, -0.15) is 0 Å². The van der Waals surface area contributed by atoms with Gasteiger partial charge in [0.15, 0.2) is 0 Å². The molecule has 1 amide bonds. The lowest BCUT2D eigenvalue weighted by molar-refractivity contribution is 0.0942. The molecule has 1 atom stereocenters. The zero-order valence-corrected chi connectivity index (χ0v) is 13.5. The summed E-state index contributed by atoms with van der Waals surface area (Å²) < 4.78 is 0. The number of carbonyl (C=O) groups is 1. The van der Waals surface area contributed by atoms with E-state index >= 15 is 0 Å². The summed E-state index contributed by atoms with van der Waals surface area (Å²) in [5.74, 6) is -0.0663. The lowest BCUT2D eigenvalue weighted by Gasteiger charge is -2.13. The fourth-order valence-corrected chi connectivity index (χ4v) is 3.32. The predicted octanol–water partition coefficient (Wildman–Crippen LogP) is 3.53. The van der Waals surface area contributed by atoms with E-state index in [4.69, 9.17) is 0 Å². The minimum Gasteiger partial charge on any atom is -0.388 e. The van der Waals surface area contributed by atoms with E-state index in [0.717, 1.165) is 27.1 Å². The molecule has 21 heavy (non-hydrogen) atoms. The number of aliphatic hydroxyl groups is 1. The highest BCUT2D eigenvalue weighted by atomic mass is 32.1. The Balaban J connectivity index is 1.94. The van der Waals surface area contributed by atoms with Gasteiger partial charge in [0.1, 0.15) is 0 Å². The van der Waals surface area contributed by atoms with E-state index in [9.17, 15) is 9.90 Å². The number of amides is 1. The maximum absolute atomic E-state index is 12.3. The molecule has 0 aliphatic carbocycles. The third kappa shape index (κ3) is 3.93. The van der Waals surface area contributed by atoms with E-state index in [2.05, 4.69) is 5.32 Å². The molecule has 4 heteroatoms. The van der Waals surface area contributed by atoms with E-state index in [1.165, 1.54) is 11.3 Å².